The molecule has 0 atom stereocenters. The van der Waals surface area contributed by atoms with Gasteiger partial charge in [-0.1, -0.05) is 105 Å². The van der Waals surface area contributed by atoms with E-state index in [4.69, 9.17) is 0 Å². The molecular formula is C53H80O2. The van der Waals surface area contributed by atoms with Crippen LogP contribution < -0.4 is 0 Å². The van der Waals surface area contributed by atoms with Crippen molar-refractivity contribution in [3.05, 3.63) is 128 Å². The van der Waals surface area contributed by atoms with Crippen LogP contribution in [0.2, 0.25) is 0 Å². The van der Waals surface area contributed by atoms with Crippen molar-refractivity contribution in [2.24, 2.45) is 0 Å². The molecule has 1 aliphatic carbocycles. The van der Waals surface area contributed by atoms with Crippen LogP contribution in [0.4, 0.5) is 0 Å². The number of hydrogen-bond donors (Lipinski definition) is 0. The molecule has 0 unspecified atom stereocenters. The summed E-state index contributed by atoms with van der Waals surface area (Å²) in [6.45, 7) is 25.9. The first kappa shape index (κ1) is 49.5. The second-order valence-corrected chi connectivity index (χ2v) is 16.8. The van der Waals surface area contributed by atoms with E-state index in [2.05, 4.69) is 124 Å². The minimum Gasteiger partial charge on any atom is -0.290 e. The fourth-order valence-electron chi connectivity index (χ4n) is 6.55. The first-order chi connectivity index (χ1) is 26.1. The molecule has 0 fully saturated rings. The average Bonchev–Trinajstić information content (AvgIpc) is 3.12. The van der Waals surface area contributed by atoms with Gasteiger partial charge in [0.2, 0.25) is 0 Å². The van der Waals surface area contributed by atoms with E-state index < -0.39 is 0 Å². The Hall–Kier alpha value is -3.52. The van der Waals surface area contributed by atoms with Crippen molar-refractivity contribution in [2.75, 3.05) is 0 Å². The van der Waals surface area contributed by atoms with Gasteiger partial charge in [0.15, 0.2) is 11.6 Å². The fourth-order valence-corrected chi connectivity index (χ4v) is 6.55. The molecule has 0 N–H and O–H groups in total. The Bertz CT molecular complexity index is 1590. The van der Waals surface area contributed by atoms with Crippen molar-refractivity contribution < 1.29 is 9.59 Å². The lowest BCUT2D eigenvalue weighted by molar-refractivity contribution is -0.115. The smallest absolute Gasteiger partial charge is 0.185 e. The highest BCUT2D eigenvalue weighted by Gasteiger charge is 2.22. The third-order valence-electron chi connectivity index (χ3n) is 10.9. The predicted octanol–water partition coefficient (Wildman–Crippen LogP) is 16.6. The summed E-state index contributed by atoms with van der Waals surface area (Å²) >= 11 is 0. The zero-order valence-electron chi connectivity index (χ0n) is 37.6. The lowest BCUT2D eigenvalue weighted by Crippen LogP contribution is -2.16. The molecule has 1 rings (SSSR count). The largest absolute Gasteiger partial charge is 0.290 e. The van der Waals surface area contributed by atoms with E-state index in [1.807, 2.05) is 0 Å². The van der Waals surface area contributed by atoms with Gasteiger partial charge in [0.1, 0.15) is 0 Å². The Labute approximate surface area is 339 Å². The molecule has 0 saturated carbocycles. The summed E-state index contributed by atoms with van der Waals surface area (Å²) < 4.78 is 0. The second-order valence-electron chi connectivity index (χ2n) is 16.8. The molecule has 0 aromatic carbocycles. The molecule has 0 aromatic rings. The number of ketones is 2. The maximum atomic E-state index is 12.5. The van der Waals surface area contributed by atoms with Crippen molar-refractivity contribution in [3.63, 3.8) is 0 Å². The van der Waals surface area contributed by atoms with Crippen LogP contribution in [0.5, 0.6) is 0 Å². The number of rotatable bonds is 26. The van der Waals surface area contributed by atoms with Crippen LogP contribution in [0.1, 0.15) is 192 Å². The summed E-state index contributed by atoms with van der Waals surface area (Å²) in [4.78, 5) is 24.6. The van der Waals surface area contributed by atoms with Crippen LogP contribution in [-0.4, -0.2) is 11.6 Å². The van der Waals surface area contributed by atoms with Gasteiger partial charge in [-0.05, 0) is 198 Å². The number of hydrogen-bond acceptors (Lipinski definition) is 2. The highest BCUT2D eigenvalue weighted by atomic mass is 16.1. The van der Waals surface area contributed by atoms with Crippen molar-refractivity contribution in [3.8, 4) is 0 Å². The maximum absolute atomic E-state index is 12.5. The van der Waals surface area contributed by atoms with E-state index in [0.29, 0.717) is 23.1 Å². The Morgan fingerprint density at radius 1 is 0.382 bits per heavy atom. The van der Waals surface area contributed by atoms with Crippen LogP contribution >= 0.6 is 0 Å². The molecule has 0 aromatic heterocycles. The SMILES string of the molecule is CC(C)=CCC/C(C)=C/CC/C(C)=C/CC/C(C)=C/CC/C(C)=C/CC/C=C(\C)CC/C(C)=C/CC/C(C)=C/CC/C(C)=C/CC1=CC(=O)C(C)=C(C)C1=O. The minimum atomic E-state index is -0.0352. The molecule has 0 aliphatic heterocycles. The quantitative estimate of drug-likeness (QED) is 0.0501. The molecule has 0 spiro atoms. The molecule has 0 amide bonds. The molecule has 2 heteroatoms. The Morgan fingerprint density at radius 2 is 0.673 bits per heavy atom. The van der Waals surface area contributed by atoms with Gasteiger partial charge >= 0.3 is 0 Å². The van der Waals surface area contributed by atoms with Crippen molar-refractivity contribution >= 4 is 11.6 Å². The number of Topliss-reactive ketones (excluding diaryl/α,β-unsaturated/α-hetero) is 1. The van der Waals surface area contributed by atoms with Crippen LogP contribution in [0.25, 0.3) is 0 Å². The molecule has 0 bridgehead atoms. The van der Waals surface area contributed by atoms with Crippen molar-refractivity contribution in [1.29, 1.82) is 0 Å². The Balaban J connectivity index is 2.27. The lowest BCUT2D eigenvalue weighted by Gasteiger charge is -2.13. The van der Waals surface area contributed by atoms with Gasteiger partial charge in [-0.15, -0.1) is 0 Å². The summed E-state index contributed by atoms with van der Waals surface area (Å²) in [5.74, 6) is -0.0259. The van der Waals surface area contributed by atoms with Crippen molar-refractivity contribution in [1.82, 2.24) is 0 Å². The first-order valence-corrected chi connectivity index (χ1v) is 21.4. The van der Waals surface area contributed by atoms with Gasteiger partial charge in [0.05, 0.1) is 0 Å². The minimum absolute atomic E-state index is 0.00935. The van der Waals surface area contributed by atoms with E-state index in [9.17, 15) is 9.59 Å². The molecule has 0 saturated heterocycles. The van der Waals surface area contributed by atoms with E-state index in [1.165, 1.54) is 75.5 Å². The molecular weight excluding hydrogens is 669 g/mol. The zero-order valence-corrected chi connectivity index (χ0v) is 37.6. The molecule has 0 heterocycles. The summed E-state index contributed by atoms with van der Waals surface area (Å²) in [6, 6.07) is 0. The summed E-state index contributed by atoms with van der Waals surface area (Å²) in [5.41, 5.74) is 14.9. The van der Waals surface area contributed by atoms with Crippen LogP contribution in [0.15, 0.2) is 128 Å². The molecule has 304 valence electrons. The van der Waals surface area contributed by atoms with Crippen LogP contribution in [0, 0.1) is 0 Å². The van der Waals surface area contributed by atoms with Gasteiger partial charge in [-0.2, -0.15) is 0 Å². The van der Waals surface area contributed by atoms with Crippen LogP contribution in [-0.2, 0) is 9.59 Å². The molecule has 2 nitrogen and oxygen atoms in total. The highest BCUT2D eigenvalue weighted by molar-refractivity contribution is 6.22. The molecule has 55 heavy (non-hydrogen) atoms. The standard InChI is InChI=1S/C53H80O2/c1-40(2)21-15-24-42(4)26-17-28-44(6)30-18-29-43(5)27-16-25-41(3)22-13-14-23-46(8)35-36-47(9)33-19-31-45(7)32-20-34-48(10)37-38-51-39-52(54)49(11)50(12)53(51)55/h21-23,26-27,30,32-33,37,39H,13-20,24-25,28-29,31,34-36,38H2,1-12H3/b41-22+,42-26+,43-27+,44-30+,45-32+,46-23+,47-33+,48-37+. The lowest BCUT2D eigenvalue weighted by atomic mass is 9.89. The summed E-state index contributed by atoms with van der Waals surface area (Å²) in [5, 5.41) is 0. The van der Waals surface area contributed by atoms with Crippen LogP contribution in [0.3, 0.4) is 0 Å². The van der Waals surface area contributed by atoms with Gasteiger partial charge < -0.3 is 0 Å². The van der Waals surface area contributed by atoms with Gasteiger partial charge in [0.25, 0.3) is 0 Å². The fraction of sp³-hybridized carbons (Fsp3) is 0.547. The molecule has 0 radical (unpaired) electrons. The van der Waals surface area contributed by atoms with Crippen molar-refractivity contribution in [2.45, 2.75) is 192 Å². The normalized spacial score (nSPS) is 16.0. The van der Waals surface area contributed by atoms with E-state index >= 15 is 0 Å². The number of carbonyl (C=O) groups excluding carboxylic acids is 2. The van der Waals surface area contributed by atoms with E-state index in [0.717, 1.165) is 83.5 Å². The monoisotopic (exact) mass is 749 g/mol. The predicted molar refractivity (Wildman–Crippen MR) is 244 cm³/mol. The third kappa shape index (κ3) is 24.6. The topological polar surface area (TPSA) is 34.1 Å². The summed E-state index contributed by atoms with van der Waals surface area (Å²) in [7, 11) is 0. The Morgan fingerprint density at radius 3 is 1.02 bits per heavy atom. The third-order valence-corrected chi connectivity index (χ3v) is 10.9. The second kappa shape index (κ2) is 28.8. The molecule has 1 aliphatic rings. The highest BCUT2D eigenvalue weighted by Crippen LogP contribution is 2.23. The number of carbonyl (C=O) groups is 2. The van der Waals surface area contributed by atoms with E-state index in [1.54, 1.807) is 13.8 Å². The Kier molecular flexibility index (Phi) is 25.9. The average molecular weight is 749 g/mol. The van der Waals surface area contributed by atoms with Gasteiger partial charge in [-0.25, -0.2) is 0 Å². The summed E-state index contributed by atoms with van der Waals surface area (Å²) in [6.07, 6.45) is 41.5. The first-order valence-electron chi connectivity index (χ1n) is 21.4. The maximum Gasteiger partial charge on any atom is 0.185 e. The number of allylic oxidation sites excluding steroid dienone is 22. The number of unbranched alkanes of at least 4 members (excludes halogenated alkanes) is 1. The zero-order chi connectivity index (χ0) is 41.2. The van der Waals surface area contributed by atoms with E-state index in [-0.39, 0.29) is 11.6 Å². The van der Waals surface area contributed by atoms with Gasteiger partial charge in [-0.3, -0.25) is 9.59 Å². The van der Waals surface area contributed by atoms with Gasteiger partial charge in [0, 0.05) is 16.7 Å².